The van der Waals surface area contributed by atoms with Gasteiger partial charge in [-0.2, -0.15) is 10.1 Å². The van der Waals surface area contributed by atoms with Gasteiger partial charge >= 0.3 is 0 Å². The molecule has 0 N–H and O–H groups in total. The third-order valence-corrected chi connectivity index (χ3v) is 5.18. The van der Waals surface area contributed by atoms with Crippen LogP contribution in [-0.2, 0) is 11.3 Å². The highest BCUT2D eigenvalue weighted by atomic mass is 16.5. The molecule has 0 bridgehead atoms. The molecule has 9 nitrogen and oxygen atoms in total. The maximum Gasteiger partial charge on any atom is 0.259 e. The zero-order valence-electron chi connectivity index (χ0n) is 16.1. The number of fused-ring (bicyclic) bond motifs is 1. The van der Waals surface area contributed by atoms with E-state index in [0.29, 0.717) is 33.9 Å². The Kier molecular flexibility index (Phi) is 4.15. The topological polar surface area (TPSA) is 108 Å². The molecule has 3 aromatic rings. The number of rotatable bonds is 5. The number of hydrogen-bond donors (Lipinski definition) is 0. The van der Waals surface area contributed by atoms with Crippen molar-refractivity contribution in [1.29, 1.82) is 0 Å². The minimum absolute atomic E-state index is 0.267. The fourth-order valence-electron chi connectivity index (χ4n) is 3.50. The SMILES string of the molecule is CCn1cc(C2C=c3cnc(-c4c(OC)ncnc4C4CC4)nc3=NC2=O)cn1. The number of ether oxygens (including phenoxy) is 1. The quantitative estimate of drug-likeness (QED) is 0.634. The van der Waals surface area contributed by atoms with E-state index in [1.807, 2.05) is 19.2 Å². The molecule has 1 saturated carbocycles. The number of carbonyl (C=O) groups excluding carboxylic acids is 1. The van der Waals surface area contributed by atoms with Gasteiger partial charge in [-0.3, -0.25) is 9.48 Å². The van der Waals surface area contributed by atoms with Gasteiger partial charge in [0.05, 0.1) is 24.9 Å². The fourth-order valence-corrected chi connectivity index (χ4v) is 3.50. The van der Waals surface area contributed by atoms with Crippen molar-refractivity contribution in [2.75, 3.05) is 7.11 Å². The molecular formula is C20H19N7O2. The molecule has 5 rings (SSSR count). The molecule has 146 valence electrons. The Balaban J connectivity index is 1.60. The predicted molar refractivity (Wildman–Crippen MR) is 102 cm³/mol. The van der Waals surface area contributed by atoms with Gasteiger partial charge in [0.2, 0.25) is 5.88 Å². The summed E-state index contributed by atoms with van der Waals surface area (Å²) in [6.07, 6.45) is 10.7. The van der Waals surface area contributed by atoms with Crippen molar-refractivity contribution < 1.29 is 9.53 Å². The predicted octanol–water partition coefficient (Wildman–Crippen LogP) is 0.760. The lowest BCUT2D eigenvalue weighted by Crippen LogP contribution is -2.36. The van der Waals surface area contributed by atoms with E-state index in [1.54, 1.807) is 24.2 Å². The van der Waals surface area contributed by atoms with Gasteiger partial charge in [0.25, 0.3) is 5.91 Å². The third-order valence-electron chi connectivity index (χ3n) is 5.18. The van der Waals surface area contributed by atoms with Gasteiger partial charge in [0.15, 0.2) is 11.3 Å². The Morgan fingerprint density at radius 3 is 2.79 bits per heavy atom. The van der Waals surface area contributed by atoms with Crippen molar-refractivity contribution in [3.05, 3.63) is 46.9 Å². The van der Waals surface area contributed by atoms with E-state index < -0.39 is 5.92 Å². The van der Waals surface area contributed by atoms with Crippen LogP contribution in [0.25, 0.3) is 17.5 Å². The molecule has 1 atom stereocenters. The third kappa shape index (κ3) is 3.08. The minimum Gasteiger partial charge on any atom is -0.480 e. The molecule has 3 aromatic heterocycles. The van der Waals surface area contributed by atoms with Crippen LogP contribution in [0.3, 0.4) is 0 Å². The Morgan fingerprint density at radius 2 is 2.07 bits per heavy atom. The molecule has 1 unspecified atom stereocenters. The molecule has 1 amide bonds. The second-order valence-electron chi connectivity index (χ2n) is 7.11. The number of carbonyl (C=O) groups is 1. The lowest BCUT2D eigenvalue weighted by Gasteiger charge is -2.12. The summed E-state index contributed by atoms with van der Waals surface area (Å²) in [6, 6.07) is 0. The summed E-state index contributed by atoms with van der Waals surface area (Å²) >= 11 is 0. The van der Waals surface area contributed by atoms with Gasteiger partial charge in [-0.25, -0.2) is 19.9 Å². The summed E-state index contributed by atoms with van der Waals surface area (Å²) in [5, 5.41) is 4.96. The summed E-state index contributed by atoms with van der Waals surface area (Å²) in [5.74, 6) is 0.472. The van der Waals surface area contributed by atoms with Crippen LogP contribution in [0.2, 0.25) is 0 Å². The van der Waals surface area contributed by atoms with Crippen LogP contribution in [-0.4, -0.2) is 42.7 Å². The molecule has 9 heteroatoms. The number of aromatic nitrogens is 6. The first kappa shape index (κ1) is 17.6. The standard InChI is InChI=1S/C20H19N7O2/c1-3-27-9-13(8-24-27)14-6-12-7-21-18(25-17(12)26-19(14)28)15-16(11-4-5-11)22-10-23-20(15)29-2/h6-11,14H,3-5H2,1-2H3. The van der Waals surface area contributed by atoms with Crippen LogP contribution in [0.15, 0.2) is 29.9 Å². The van der Waals surface area contributed by atoms with Crippen molar-refractivity contribution in [2.45, 2.75) is 38.1 Å². The average molecular weight is 389 g/mol. The summed E-state index contributed by atoms with van der Waals surface area (Å²) in [4.78, 5) is 34.6. The van der Waals surface area contributed by atoms with Crippen LogP contribution in [0.5, 0.6) is 5.88 Å². The van der Waals surface area contributed by atoms with E-state index in [9.17, 15) is 4.79 Å². The maximum atomic E-state index is 12.7. The molecule has 1 fully saturated rings. The van der Waals surface area contributed by atoms with Crippen LogP contribution in [0.1, 0.15) is 42.9 Å². The smallest absolute Gasteiger partial charge is 0.259 e. The molecule has 0 saturated heterocycles. The van der Waals surface area contributed by atoms with Crippen molar-refractivity contribution in [1.82, 2.24) is 29.7 Å². The first-order valence-corrected chi connectivity index (χ1v) is 9.57. The van der Waals surface area contributed by atoms with E-state index in [-0.39, 0.29) is 5.91 Å². The van der Waals surface area contributed by atoms with E-state index in [1.165, 1.54) is 6.33 Å². The van der Waals surface area contributed by atoms with Crippen LogP contribution in [0, 0.1) is 0 Å². The zero-order chi connectivity index (χ0) is 20.0. The van der Waals surface area contributed by atoms with Crippen LogP contribution < -0.4 is 15.4 Å². The Labute approximate surface area is 166 Å². The highest BCUT2D eigenvalue weighted by molar-refractivity contribution is 5.91. The van der Waals surface area contributed by atoms with Crippen molar-refractivity contribution in [3.63, 3.8) is 0 Å². The monoisotopic (exact) mass is 389 g/mol. The molecule has 0 radical (unpaired) electrons. The summed E-state index contributed by atoms with van der Waals surface area (Å²) in [5.41, 5.74) is 2.72. The Morgan fingerprint density at radius 1 is 1.21 bits per heavy atom. The molecule has 0 aromatic carbocycles. The number of methoxy groups -OCH3 is 1. The number of amides is 1. The van der Waals surface area contributed by atoms with E-state index in [0.717, 1.165) is 30.6 Å². The van der Waals surface area contributed by atoms with Gasteiger partial charge in [-0.15, -0.1) is 0 Å². The number of nitrogens with zero attached hydrogens (tertiary/aromatic N) is 7. The zero-order valence-corrected chi connectivity index (χ0v) is 16.1. The highest BCUT2D eigenvalue weighted by Gasteiger charge is 2.31. The summed E-state index contributed by atoms with van der Waals surface area (Å²) in [6.45, 7) is 2.74. The summed E-state index contributed by atoms with van der Waals surface area (Å²) < 4.78 is 7.21. The van der Waals surface area contributed by atoms with E-state index in [4.69, 9.17) is 4.74 Å². The molecule has 2 aliphatic rings. The summed E-state index contributed by atoms with van der Waals surface area (Å²) in [7, 11) is 1.56. The first-order valence-electron chi connectivity index (χ1n) is 9.57. The Hall–Kier alpha value is -3.49. The van der Waals surface area contributed by atoms with Crippen molar-refractivity contribution >= 4 is 12.0 Å². The second-order valence-corrected chi connectivity index (χ2v) is 7.11. The van der Waals surface area contributed by atoms with Crippen LogP contribution >= 0.6 is 0 Å². The second kappa shape index (κ2) is 6.84. The molecule has 0 spiro atoms. The van der Waals surface area contributed by atoms with Gasteiger partial charge in [-0.05, 0) is 19.8 Å². The molecule has 1 aliphatic heterocycles. The van der Waals surface area contributed by atoms with E-state index in [2.05, 4.69) is 30.0 Å². The Bertz CT molecular complexity index is 1230. The number of hydrogen-bond acceptors (Lipinski definition) is 7. The van der Waals surface area contributed by atoms with Gasteiger partial charge in [-0.1, -0.05) is 6.08 Å². The molecular weight excluding hydrogens is 370 g/mol. The fraction of sp³-hybridized carbons (Fsp3) is 0.350. The minimum atomic E-state index is -0.478. The van der Waals surface area contributed by atoms with Crippen molar-refractivity contribution in [2.24, 2.45) is 4.99 Å². The normalized spacial score (nSPS) is 18.0. The largest absolute Gasteiger partial charge is 0.480 e. The lowest BCUT2D eigenvalue weighted by atomic mass is 9.99. The molecule has 1 aliphatic carbocycles. The average Bonchev–Trinajstić information content (AvgIpc) is 3.49. The lowest BCUT2D eigenvalue weighted by molar-refractivity contribution is -0.118. The highest BCUT2D eigenvalue weighted by Crippen LogP contribution is 2.44. The van der Waals surface area contributed by atoms with E-state index >= 15 is 0 Å². The van der Waals surface area contributed by atoms with Gasteiger partial charge < -0.3 is 4.74 Å². The maximum absolute atomic E-state index is 12.7. The number of aryl methyl sites for hydroxylation is 1. The van der Waals surface area contributed by atoms with Crippen molar-refractivity contribution in [3.8, 4) is 17.3 Å². The van der Waals surface area contributed by atoms with Gasteiger partial charge in [0, 0.05) is 35.6 Å². The van der Waals surface area contributed by atoms with Gasteiger partial charge in [0.1, 0.15) is 11.9 Å². The van der Waals surface area contributed by atoms with Crippen LogP contribution in [0.4, 0.5) is 0 Å². The molecule has 4 heterocycles. The first-order chi connectivity index (χ1) is 14.2. The molecule has 29 heavy (non-hydrogen) atoms.